The lowest BCUT2D eigenvalue weighted by Crippen LogP contribution is -2.49. The number of carbonyl (C=O) groups is 1. The van der Waals surface area contributed by atoms with Crippen LogP contribution in [0.1, 0.15) is 34.2 Å². The molecule has 0 spiro atoms. The van der Waals surface area contributed by atoms with Crippen LogP contribution in [0.4, 0.5) is 5.82 Å². The smallest absolute Gasteiger partial charge is 0.253 e. The topological polar surface area (TPSA) is 67.2 Å². The van der Waals surface area contributed by atoms with Gasteiger partial charge in [-0.05, 0) is 44.0 Å². The predicted molar refractivity (Wildman–Crippen MR) is 113 cm³/mol. The molecule has 3 heterocycles. The summed E-state index contributed by atoms with van der Waals surface area (Å²) in [5.74, 6) is 1.72. The fourth-order valence-electron chi connectivity index (χ4n) is 3.69. The maximum absolute atomic E-state index is 12.8. The summed E-state index contributed by atoms with van der Waals surface area (Å²) in [5.41, 5.74) is 4.00. The molecule has 4 rings (SSSR count). The number of aryl methyl sites for hydroxylation is 3. The predicted octanol–water partition coefficient (Wildman–Crippen LogP) is 2.80. The number of piperazine rings is 1. The molecule has 1 aliphatic heterocycles. The van der Waals surface area contributed by atoms with Gasteiger partial charge in [0.05, 0.1) is 5.69 Å². The Morgan fingerprint density at radius 1 is 0.966 bits per heavy atom. The van der Waals surface area contributed by atoms with Crippen LogP contribution in [-0.4, -0.2) is 56.7 Å². The molecule has 1 aromatic carbocycles. The van der Waals surface area contributed by atoms with Crippen molar-refractivity contribution in [3.05, 3.63) is 65.2 Å². The van der Waals surface area contributed by atoms with Gasteiger partial charge in [0.15, 0.2) is 5.82 Å². The van der Waals surface area contributed by atoms with Gasteiger partial charge < -0.3 is 9.80 Å². The normalized spacial score (nSPS) is 14.3. The highest BCUT2D eigenvalue weighted by Crippen LogP contribution is 2.18. The summed E-state index contributed by atoms with van der Waals surface area (Å²) in [6, 6.07) is 11.9. The fourth-order valence-corrected chi connectivity index (χ4v) is 3.69. The van der Waals surface area contributed by atoms with E-state index in [0.29, 0.717) is 13.1 Å². The van der Waals surface area contributed by atoms with Crippen molar-refractivity contribution >= 4 is 11.7 Å². The SMILES string of the molecule is CCc1ccc(C(=O)N2CCN(c3cc(-n4nc(C)cc4C)ncn3)CC2)cc1. The molecule has 0 N–H and O–H groups in total. The van der Waals surface area contributed by atoms with Crippen LogP contribution in [0.15, 0.2) is 42.7 Å². The summed E-state index contributed by atoms with van der Waals surface area (Å²) < 4.78 is 1.83. The van der Waals surface area contributed by atoms with Crippen LogP contribution in [0, 0.1) is 13.8 Å². The third-order valence-corrected chi connectivity index (χ3v) is 5.36. The highest BCUT2D eigenvalue weighted by atomic mass is 16.2. The summed E-state index contributed by atoms with van der Waals surface area (Å²) in [6.07, 6.45) is 2.56. The molecule has 1 aliphatic rings. The van der Waals surface area contributed by atoms with Gasteiger partial charge in [0, 0.05) is 43.5 Å². The Labute approximate surface area is 171 Å². The molecule has 1 saturated heterocycles. The molecule has 0 saturated carbocycles. The number of amides is 1. The second-order valence-electron chi connectivity index (χ2n) is 7.40. The molecule has 2 aromatic heterocycles. The first-order chi connectivity index (χ1) is 14.0. The Kier molecular flexibility index (Phi) is 5.29. The monoisotopic (exact) mass is 390 g/mol. The van der Waals surface area contributed by atoms with E-state index in [-0.39, 0.29) is 5.91 Å². The highest BCUT2D eigenvalue weighted by Gasteiger charge is 2.23. The van der Waals surface area contributed by atoms with Gasteiger partial charge >= 0.3 is 0 Å². The van der Waals surface area contributed by atoms with Gasteiger partial charge in [-0.3, -0.25) is 4.79 Å². The number of nitrogens with zero attached hydrogens (tertiary/aromatic N) is 6. The summed E-state index contributed by atoms with van der Waals surface area (Å²) in [5, 5.41) is 4.50. The van der Waals surface area contributed by atoms with Gasteiger partial charge in [-0.1, -0.05) is 19.1 Å². The van der Waals surface area contributed by atoms with Crippen molar-refractivity contribution in [2.75, 3.05) is 31.1 Å². The first kappa shape index (κ1) is 19.1. The first-order valence-corrected chi connectivity index (χ1v) is 10.0. The van der Waals surface area contributed by atoms with Gasteiger partial charge in [0.25, 0.3) is 5.91 Å². The van der Waals surface area contributed by atoms with Gasteiger partial charge in [-0.15, -0.1) is 0 Å². The van der Waals surface area contributed by atoms with Crippen LogP contribution in [0.5, 0.6) is 0 Å². The van der Waals surface area contributed by atoms with E-state index >= 15 is 0 Å². The molecule has 0 radical (unpaired) electrons. The van der Waals surface area contributed by atoms with E-state index in [1.807, 2.05) is 59.8 Å². The molecule has 29 heavy (non-hydrogen) atoms. The molecule has 7 heteroatoms. The van der Waals surface area contributed by atoms with E-state index in [9.17, 15) is 4.79 Å². The molecular weight excluding hydrogens is 364 g/mol. The Morgan fingerprint density at radius 3 is 2.28 bits per heavy atom. The summed E-state index contributed by atoms with van der Waals surface area (Å²) in [6.45, 7) is 8.93. The van der Waals surface area contributed by atoms with E-state index in [1.54, 1.807) is 6.33 Å². The molecule has 0 atom stereocenters. The number of hydrogen-bond donors (Lipinski definition) is 0. The Bertz CT molecular complexity index is 1000. The standard InChI is InChI=1S/C22H26N6O/c1-4-18-5-7-19(8-6-18)22(29)27-11-9-26(10-12-27)20-14-21(24-15-23-20)28-17(3)13-16(2)25-28/h5-8,13-15H,4,9-12H2,1-3H3. The van der Waals surface area contributed by atoms with Gasteiger partial charge in [-0.25, -0.2) is 14.6 Å². The van der Waals surface area contributed by atoms with Gasteiger partial charge in [-0.2, -0.15) is 5.10 Å². The number of benzene rings is 1. The van der Waals surface area contributed by atoms with Crippen molar-refractivity contribution < 1.29 is 4.79 Å². The third kappa shape index (κ3) is 3.99. The molecule has 1 fully saturated rings. The number of anilines is 1. The van der Waals surface area contributed by atoms with Crippen molar-refractivity contribution in [2.45, 2.75) is 27.2 Å². The van der Waals surface area contributed by atoms with Crippen LogP contribution in [0.25, 0.3) is 5.82 Å². The lowest BCUT2D eigenvalue weighted by Gasteiger charge is -2.35. The van der Waals surface area contributed by atoms with Gasteiger partial charge in [0.1, 0.15) is 12.1 Å². The van der Waals surface area contributed by atoms with Crippen molar-refractivity contribution in [2.24, 2.45) is 0 Å². The quantitative estimate of drug-likeness (QED) is 0.685. The van der Waals surface area contributed by atoms with Crippen LogP contribution >= 0.6 is 0 Å². The number of carbonyl (C=O) groups excluding carboxylic acids is 1. The minimum absolute atomic E-state index is 0.0957. The Morgan fingerprint density at radius 2 is 1.66 bits per heavy atom. The van der Waals surface area contributed by atoms with E-state index < -0.39 is 0 Å². The molecule has 0 unspecified atom stereocenters. The van der Waals surface area contributed by atoms with E-state index in [2.05, 4.69) is 26.9 Å². The average molecular weight is 390 g/mol. The Balaban J connectivity index is 1.43. The number of rotatable bonds is 4. The molecule has 150 valence electrons. The lowest BCUT2D eigenvalue weighted by atomic mass is 10.1. The average Bonchev–Trinajstić information content (AvgIpc) is 3.11. The van der Waals surface area contributed by atoms with Crippen LogP contribution in [0.3, 0.4) is 0 Å². The minimum atomic E-state index is 0.0957. The summed E-state index contributed by atoms with van der Waals surface area (Å²) in [7, 11) is 0. The van der Waals surface area contributed by atoms with Crippen molar-refractivity contribution in [3.63, 3.8) is 0 Å². The zero-order valence-electron chi connectivity index (χ0n) is 17.2. The lowest BCUT2D eigenvalue weighted by molar-refractivity contribution is 0.0746. The van der Waals surface area contributed by atoms with Crippen LogP contribution in [-0.2, 0) is 6.42 Å². The van der Waals surface area contributed by atoms with Crippen molar-refractivity contribution in [1.29, 1.82) is 0 Å². The highest BCUT2D eigenvalue weighted by molar-refractivity contribution is 5.94. The molecule has 0 aliphatic carbocycles. The van der Waals surface area contributed by atoms with Crippen molar-refractivity contribution in [1.82, 2.24) is 24.6 Å². The van der Waals surface area contributed by atoms with E-state index in [1.165, 1.54) is 5.56 Å². The molecule has 7 nitrogen and oxygen atoms in total. The Hall–Kier alpha value is -3.22. The molecule has 0 bridgehead atoms. The third-order valence-electron chi connectivity index (χ3n) is 5.36. The largest absolute Gasteiger partial charge is 0.353 e. The van der Waals surface area contributed by atoms with Gasteiger partial charge in [0.2, 0.25) is 0 Å². The summed E-state index contributed by atoms with van der Waals surface area (Å²) in [4.78, 5) is 25.7. The zero-order valence-corrected chi connectivity index (χ0v) is 17.2. The minimum Gasteiger partial charge on any atom is -0.353 e. The zero-order chi connectivity index (χ0) is 20.4. The second kappa shape index (κ2) is 8.03. The number of hydrogen-bond acceptors (Lipinski definition) is 5. The summed E-state index contributed by atoms with van der Waals surface area (Å²) >= 11 is 0. The maximum atomic E-state index is 12.8. The second-order valence-corrected chi connectivity index (χ2v) is 7.40. The first-order valence-electron chi connectivity index (χ1n) is 10.0. The molecule has 3 aromatic rings. The maximum Gasteiger partial charge on any atom is 0.253 e. The van der Waals surface area contributed by atoms with E-state index in [4.69, 9.17) is 0 Å². The van der Waals surface area contributed by atoms with E-state index in [0.717, 1.165) is 48.1 Å². The van der Waals surface area contributed by atoms with Crippen LogP contribution in [0.2, 0.25) is 0 Å². The number of aromatic nitrogens is 4. The fraction of sp³-hybridized carbons (Fsp3) is 0.364. The molecule has 1 amide bonds. The van der Waals surface area contributed by atoms with Crippen molar-refractivity contribution in [3.8, 4) is 5.82 Å². The molecular formula is C22H26N6O. The van der Waals surface area contributed by atoms with Crippen LogP contribution < -0.4 is 4.90 Å².